The van der Waals surface area contributed by atoms with Gasteiger partial charge in [-0.2, -0.15) is 0 Å². The van der Waals surface area contributed by atoms with Crippen LogP contribution in [0.25, 0.3) is 10.4 Å². The molecule has 0 aliphatic carbocycles. The monoisotopic (exact) mass is 465 g/mol. The van der Waals surface area contributed by atoms with Crippen molar-refractivity contribution in [3.63, 3.8) is 0 Å². The lowest BCUT2D eigenvalue weighted by molar-refractivity contribution is 0.0597. The fourth-order valence-electron chi connectivity index (χ4n) is 3.54. The second-order valence-corrected chi connectivity index (χ2v) is 7.77. The van der Waals surface area contributed by atoms with E-state index in [1.807, 2.05) is 16.7 Å². The number of esters is 1. The number of aryl methyl sites for hydroxylation is 1. The molecule has 0 saturated heterocycles. The average Bonchev–Trinajstić information content (AvgIpc) is 3.14. The van der Waals surface area contributed by atoms with Crippen molar-refractivity contribution in [2.24, 2.45) is 5.11 Å². The maximum Gasteiger partial charge on any atom is 0.338 e. The van der Waals surface area contributed by atoms with E-state index in [0.717, 1.165) is 30.7 Å². The zero-order chi connectivity index (χ0) is 23.8. The van der Waals surface area contributed by atoms with Crippen LogP contribution in [0.2, 0.25) is 5.15 Å². The Kier molecular flexibility index (Phi) is 8.24. The molecule has 0 aliphatic rings. The van der Waals surface area contributed by atoms with Gasteiger partial charge in [-0.15, -0.1) is 0 Å². The minimum Gasteiger partial charge on any atom is -0.465 e. The second kappa shape index (κ2) is 11.3. The van der Waals surface area contributed by atoms with Crippen molar-refractivity contribution in [1.29, 1.82) is 0 Å². The van der Waals surface area contributed by atoms with E-state index in [4.69, 9.17) is 21.9 Å². The van der Waals surface area contributed by atoms with Gasteiger partial charge in [0, 0.05) is 29.0 Å². The van der Waals surface area contributed by atoms with E-state index >= 15 is 0 Å². The van der Waals surface area contributed by atoms with Crippen LogP contribution in [0.15, 0.2) is 53.6 Å². The molecular formula is C24H24ClN5O3. The summed E-state index contributed by atoms with van der Waals surface area (Å²) in [6.45, 7) is 2.68. The maximum atomic E-state index is 13.0. The van der Waals surface area contributed by atoms with Gasteiger partial charge in [0.05, 0.1) is 24.9 Å². The predicted molar refractivity (Wildman–Crippen MR) is 125 cm³/mol. The summed E-state index contributed by atoms with van der Waals surface area (Å²) in [6.07, 6.45) is 2.73. The number of ketones is 1. The van der Waals surface area contributed by atoms with E-state index in [1.165, 1.54) is 7.11 Å². The van der Waals surface area contributed by atoms with Gasteiger partial charge in [0.15, 0.2) is 10.9 Å². The van der Waals surface area contributed by atoms with Gasteiger partial charge in [-0.3, -0.25) is 4.79 Å². The van der Waals surface area contributed by atoms with Crippen LogP contribution in [0.5, 0.6) is 0 Å². The second-order valence-electron chi connectivity index (χ2n) is 7.41. The number of ether oxygens (including phenoxy) is 1. The van der Waals surface area contributed by atoms with Crippen LogP contribution in [0.4, 0.5) is 0 Å². The number of rotatable bonds is 10. The number of carbonyl (C=O) groups excluding carboxylic acids is 2. The molecule has 0 atom stereocenters. The Bertz CT molecular complexity index is 1200. The third-order valence-corrected chi connectivity index (χ3v) is 5.58. The van der Waals surface area contributed by atoms with Crippen LogP contribution in [0, 0.1) is 0 Å². The highest BCUT2D eigenvalue weighted by atomic mass is 35.5. The van der Waals surface area contributed by atoms with E-state index in [1.54, 1.807) is 36.4 Å². The minimum atomic E-state index is -0.556. The van der Waals surface area contributed by atoms with Crippen LogP contribution < -0.4 is 0 Å². The van der Waals surface area contributed by atoms with Gasteiger partial charge in [-0.25, -0.2) is 9.78 Å². The smallest absolute Gasteiger partial charge is 0.338 e. The Morgan fingerprint density at radius 2 is 1.85 bits per heavy atom. The zero-order valence-corrected chi connectivity index (χ0v) is 19.2. The predicted octanol–water partition coefficient (Wildman–Crippen LogP) is 5.76. The number of methoxy groups -OCH3 is 1. The molecule has 0 fully saturated rings. The molecule has 3 aromatic rings. The quantitative estimate of drug-likeness (QED) is 0.125. The molecule has 170 valence electrons. The van der Waals surface area contributed by atoms with Crippen LogP contribution in [-0.4, -0.2) is 28.4 Å². The zero-order valence-electron chi connectivity index (χ0n) is 18.5. The molecule has 0 unspecified atom stereocenters. The summed E-state index contributed by atoms with van der Waals surface area (Å²) in [5.41, 5.74) is 11.3. The summed E-state index contributed by atoms with van der Waals surface area (Å²) >= 11 is 6.32. The first kappa shape index (κ1) is 24.0. The number of aromatic nitrogens is 2. The summed E-state index contributed by atoms with van der Waals surface area (Å²) in [5, 5.41) is 3.99. The van der Waals surface area contributed by atoms with E-state index in [-0.39, 0.29) is 23.5 Å². The maximum absolute atomic E-state index is 13.0. The van der Waals surface area contributed by atoms with Gasteiger partial charge >= 0.3 is 5.97 Å². The molecule has 0 saturated carbocycles. The fraction of sp³-hybridized carbons (Fsp3) is 0.292. The number of unbranched alkanes of at least 4 members (excludes halogenated alkanes) is 1. The Balaban J connectivity index is 1.88. The molecule has 0 amide bonds. The topological polar surface area (TPSA) is 110 Å². The van der Waals surface area contributed by atoms with Crippen molar-refractivity contribution in [2.45, 2.75) is 39.3 Å². The molecule has 0 aliphatic heterocycles. The van der Waals surface area contributed by atoms with Gasteiger partial charge in [0.2, 0.25) is 0 Å². The molecule has 3 rings (SSSR count). The van der Waals surface area contributed by atoms with Crippen molar-refractivity contribution < 1.29 is 14.3 Å². The third-order valence-electron chi connectivity index (χ3n) is 5.27. The van der Waals surface area contributed by atoms with Crippen LogP contribution in [0.3, 0.4) is 0 Å². The summed E-state index contributed by atoms with van der Waals surface area (Å²) < 4.78 is 6.76. The molecule has 0 bridgehead atoms. The lowest BCUT2D eigenvalue weighted by atomic mass is 9.97. The lowest BCUT2D eigenvalue weighted by Crippen LogP contribution is -2.12. The number of halogens is 1. The lowest BCUT2D eigenvalue weighted by Gasteiger charge is -2.12. The molecule has 8 nitrogen and oxygen atoms in total. The summed E-state index contributed by atoms with van der Waals surface area (Å²) in [6, 6.07) is 13.7. The first-order valence-corrected chi connectivity index (χ1v) is 10.9. The SMILES string of the molecule is CCCCc1nc(Cl)c(CN=[N+]=[N-])n1Cc1ccc(C(=O)c2ccccc2C(=O)OC)cc1. The van der Waals surface area contributed by atoms with Crippen molar-refractivity contribution in [3.8, 4) is 0 Å². The number of hydrogen-bond donors (Lipinski definition) is 0. The molecule has 2 aromatic carbocycles. The standard InChI is InChI=1S/C24H24ClN5O3/c1-3-4-9-21-28-23(25)20(14-27-29-26)30(21)15-16-10-12-17(13-11-16)22(31)18-7-5-6-8-19(18)24(32)33-2/h5-8,10-13H,3-4,9,14-15H2,1-2H3. The number of imidazole rings is 1. The van der Waals surface area contributed by atoms with Gasteiger partial charge in [0.1, 0.15) is 5.82 Å². The normalized spacial score (nSPS) is 10.5. The molecule has 1 aromatic heterocycles. The Labute approximate surface area is 196 Å². The van der Waals surface area contributed by atoms with Gasteiger partial charge in [-0.05, 0) is 23.6 Å². The molecule has 9 heteroatoms. The highest BCUT2D eigenvalue weighted by molar-refractivity contribution is 6.30. The Morgan fingerprint density at radius 1 is 1.15 bits per heavy atom. The van der Waals surface area contributed by atoms with E-state index in [2.05, 4.69) is 21.9 Å². The molecule has 1 heterocycles. The van der Waals surface area contributed by atoms with Crippen molar-refractivity contribution in [2.75, 3.05) is 7.11 Å². The highest BCUT2D eigenvalue weighted by Gasteiger charge is 2.19. The molecule has 0 spiro atoms. The first-order valence-electron chi connectivity index (χ1n) is 10.6. The van der Waals surface area contributed by atoms with Crippen molar-refractivity contribution in [3.05, 3.63) is 97.9 Å². The Hall–Kier alpha value is -3.61. The first-order chi connectivity index (χ1) is 16.0. The van der Waals surface area contributed by atoms with Crippen molar-refractivity contribution >= 4 is 23.4 Å². The summed E-state index contributed by atoms with van der Waals surface area (Å²) in [5.74, 6) is 0.0118. The van der Waals surface area contributed by atoms with Crippen LogP contribution >= 0.6 is 11.6 Å². The molecule has 0 N–H and O–H groups in total. The van der Waals surface area contributed by atoms with E-state index < -0.39 is 5.97 Å². The largest absolute Gasteiger partial charge is 0.465 e. The van der Waals surface area contributed by atoms with E-state index in [0.29, 0.717) is 23.0 Å². The van der Waals surface area contributed by atoms with Crippen LogP contribution in [0.1, 0.15) is 63.1 Å². The van der Waals surface area contributed by atoms with Crippen LogP contribution in [-0.2, 0) is 24.2 Å². The third kappa shape index (κ3) is 5.61. The fourth-order valence-corrected chi connectivity index (χ4v) is 3.79. The van der Waals surface area contributed by atoms with Gasteiger partial charge < -0.3 is 9.30 Å². The van der Waals surface area contributed by atoms with E-state index in [9.17, 15) is 9.59 Å². The summed E-state index contributed by atoms with van der Waals surface area (Å²) in [4.78, 5) is 32.3. The Morgan fingerprint density at radius 3 is 2.48 bits per heavy atom. The van der Waals surface area contributed by atoms with Gasteiger partial charge in [0.25, 0.3) is 0 Å². The molecular weight excluding hydrogens is 442 g/mol. The average molecular weight is 466 g/mol. The molecule has 33 heavy (non-hydrogen) atoms. The minimum absolute atomic E-state index is 0.106. The number of carbonyl (C=O) groups is 2. The number of azide groups is 1. The summed E-state index contributed by atoms with van der Waals surface area (Å²) in [7, 11) is 1.28. The molecule has 0 radical (unpaired) electrons. The number of benzene rings is 2. The van der Waals surface area contributed by atoms with Gasteiger partial charge in [-0.1, -0.05) is 72.5 Å². The number of hydrogen-bond acceptors (Lipinski definition) is 5. The number of nitrogens with zero attached hydrogens (tertiary/aromatic N) is 5. The van der Waals surface area contributed by atoms with Crippen molar-refractivity contribution in [1.82, 2.24) is 9.55 Å². The highest BCUT2D eigenvalue weighted by Crippen LogP contribution is 2.23.